The second-order valence-corrected chi connectivity index (χ2v) is 3.06. The van der Waals surface area contributed by atoms with Gasteiger partial charge in [-0.05, 0) is 26.3 Å². The molecule has 0 heterocycles. The molecule has 2 atom stereocenters. The minimum Gasteiger partial charge on any atom is -0.393 e. The fourth-order valence-electron chi connectivity index (χ4n) is 0.967. The van der Waals surface area contributed by atoms with Crippen molar-refractivity contribution in [2.75, 3.05) is 6.54 Å². The highest BCUT2D eigenvalue weighted by atomic mass is 16.3. The van der Waals surface area contributed by atoms with Crippen molar-refractivity contribution in [3.8, 4) is 6.07 Å². The van der Waals surface area contributed by atoms with Crippen LogP contribution in [0.4, 0.5) is 0 Å². The Hall–Kier alpha value is -0.590. The van der Waals surface area contributed by atoms with Crippen molar-refractivity contribution in [2.45, 2.75) is 45.3 Å². The fourth-order valence-corrected chi connectivity index (χ4v) is 0.967. The van der Waals surface area contributed by atoms with E-state index in [-0.39, 0.29) is 12.1 Å². The summed E-state index contributed by atoms with van der Waals surface area (Å²) < 4.78 is 0. The summed E-state index contributed by atoms with van der Waals surface area (Å²) >= 11 is 0. The maximum atomic E-state index is 8.96. The molecule has 0 fully saturated rings. The number of nitriles is 1. The van der Waals surface area contributed by atoms with Crippen LogP contribution in [-0.4, -0.2) is 23.8 Å². The van der Waals surface area contributed by atoms with Crippen LogP contribution < -0.4 is 5.32 Å². The lowest BCUT2D eigenvalue weighted by Crippen LogP contribution is -2.30. The van der Waals surface area contributed by atoms with Crippen molar-refractivity contribution in [3.63, 3.8) is 0 Å². The summed E-state index contributed by atoms with van der Waals surface area (Å²) in [4.78, 5) is 0. The number of rotatable bonds is 6. The molecule has 0 amide bonds. The lowest BCUT2D eigenvalue weighted by Gasteiger charge is -2.13. The molecule has 3 heteroatoms. The van der Waals surface area contributed by atoms with Crippen molar-refractivity contribution < 1.29 is 5.11 Å². The van der Waals surface area contributed by atoms with E-state index in [9.17, 15) is 0 Å². The lowest BCUT2D eigenvalue weighted by atomic mass is 10.1. The van der Waals surface area contributed by atoms with E-state index < -0.39 is 0 Å². The van der Waals surface area contributed by atoms with E-state index in [2.05, 4.69) is 18.3 Å². The molecule has 70 valence electrons. The summed E-state index contributed by atoms with van der Waals surface area (Å²) in [5, 5.41) is 20.6. The van der Waals surface area contributed by atoms with Crippen LogP contribution in [0.1, 0.15) is 33.1 Å². The Kier molecular flexibility index (Phi) is 6.73. The summed E-state index contributed by atoms with van der Waals surface area (Å²) in [5.74, 6) is 0. The third kappa shape index (κ3) is 6.14. The van der Waals surface area contributed by atoms with E-state index >= 15 is 0 Å². The highest BCUT2D eigenvalue weighted by Crippen LogP contribution is 1.96. The van der Waals surface area contributed by atoms with Crippen LogP contribution in [0.15, 0.2) is 0 Å². The minimum atomic E-state index is -0.253. The molecule has 2 N–H and O–H groups in total. The van der Waals surface area contributed by atoms with Gasteiger partial charge >= 0.3 is 0 Å². The Morgan fingerprint density at radius 3 is 2.67 bits per heavy atom. The van der Waals surface area contributed by atoms with Gasteiger partial charge in [-0.2, -0.15) is 5.26 Å². The first kappa shape index (κ1) is 11.4. The third-order valence-corrected chi connectivity index (χ3v) is 1.83. The van der Waals surface area contributed by atoms with Gasteiger partial charge in [-0.25, -0.2) is 0 Å². The van der Waals surface area contributed by atoms with Gasteiger partial charge < -0.3 is 10.4 Å². The summed E-state index contributed by atoms with van der Waals surface area (Å²) in [6, 6.07) is 2.42. The molecular weight excluding hydrogens is 152 g/mol. The molecule has 0 aromatic heterocycles. The van der Waals surface area contributed by atoms with Crippen LogP contribution >= 0.6 is 0 Å². The third-order valence-electron chi connectivity index (χ3n) is 1.83. The predicted octanol–water partition coefficient (Wildman–Crippen LogP) is 1.04. The van der Waals surface area contributed by atoms with E-state index in [1.807, 2.05) is 0 Å². The Morgan fingerprint density at radius 1 is 1.58 bits per heavy atom. The van der Waals surface area contributed by atoms with Gasteiger partial charge in [0.25, 0.3) is 0 Å². The lowest BCUT2D eigenvalue weighted by molar-refractivity contribution is 0.182. The van der Waals surface area contributed by atoms with Gasteiger partial charge in [-0.3, -0.25) is 0 Å². The molecule has 0 rings (SSSR count). The van der Waals surface area contributed by atoms with E-state index in [0.717, 1.165) is 19.4 Å². The molecule has 3 nitrogen and oxygen atoms in total. The minimum absolute atomic E-state index is 0.253. The zero-order valence-corrected chi connectivity index (χ0v) is 7.88. The van der Waals surface area contributed by atoms with E-state index in [1.165, 1.54) is 0 Å². The van der Waals surface area contributed by atoms with Gasteiger partial charge in [-0.1, -0.05) is 6.92 Å². The van der Waals surface area contributed by atoms with Gasteiger partial charge in [0, 0.05) is 6.04 Å². The first-order valence-electron chi connectivity index (χ1n) is 4.49. The van der Waals surface area contributed by atoms with Crippen LogP contribution in [0.3, 0.4) is 0 Å². The number of hydrogen-bond acceptors (Lipinski definition) is 3. The van der Waals surface area contributed by atoms with Crippen LogP contribution in [0.2, 0.25) is 0 Å². The molecule has 0 aliphatic rings. The molecule has 12 heavy (non-hydrogen) atoms. The molecule has 0 saturated heterocycles. The monoisotopic (exact) mass is 170 g/mol. The molecule has 0 aliphatic heterocycles. The molecular formula is C9H18N2O. The summed E-state index contributed by atoms with van der Waals surface area (Å²) in [5.41, 5.74) is 0. The van der Waals surface area contributed by atoms with Gasteiger partial charge in [0.05, 0.1) is 18.6 Å². The Morgan fingerprint density at radius 2 is 2.25 bits per heavy atom. The van der Waals surface area contributed by atoms with Crippen molar-refractivity contribution >= 4 is 0 Å². The maximum absolute atomic E-state index is 8.96. The number of hydrogen-bond donors (Lipinski definition) is 2. The van der Waals surface area contributed by atoms with E-state index in [0.29, 0.717) is 6.42 Å². The van der Waals surface area contributed by atoms with Crippen molar-refractivity contribution in [1.29, 1.82) is 5.26 Å². The van der Waals surface area contributed by atoms with Gasteiger partial charge in [0.1, 0.15) is 0 Å². The average Bonchev–Trinajstić information content (AvgIpc) is 2.02. The Balaban J connectivity index is 3.39. The van der Waals surface area contributed by atoms with Crippen LogP contribution in [0, 0.1) is 11.3 Å². The zero-order valence-electron chi connectivity index (χ0n) is 7.88. The quantitative estimate of drug-likeness (QED) is 0.626. The molecule has 0 aromatic carbocycles. The SMILES string of the molecule is CCC(CC#N)NCCC(C)O. The Bertz CT molecular complexity index is 140. The largest absolute Gasteiger partial charge is 0.393 e. The van der Waals surface area contributed by atoms with Crippen LogP contribution in [0.5, 0.6) is 0 Å². The normalized spacial score (nSPS) is 15.2. The molecule has 0 aliphatic carbocycles. The zero-order chi connectivity index (χ0) is 9.40. The van der Waals surface area contributed by atoms with E-state index in [1.54, 1.807) is 6.92 Å². The molecule has 2 unspecified atom stereocenters. The van der Waals surface area contributed by atoms with Crippen LogP contribution in [0.25, 0.3) is 0 Å². The number of aliphatic hydroxyl groups is 1. The standard InChI is InChI=1S/C9H18N2O/c1-3-9(4-6-10)11-7-5-8(2)12/h8-9,11-12H,3-5,7H2,1-2H3. The number of nitrogens with one attached hydrogen (secondary N) is 1. The summed E-state index contributed by atoms with van der Waals surface area (Å²) in [7, 11) is 0. The average molecular weight is 170 g/mol. The molecule has 0 spiro atoms. The topological polar surface area (TPSA) is 56.0 Å². The molecule has 0 bridgehead atoms. The first-order chi connectivity index (χ1) is 5.70. The van der Waals surface area contributed by atoms with Crippen LogP contribution in [-0.2, 0) is 0 Å². The second-order valence-electron chi connectivity index (χ2n) is 3.06. The predicted molar refractivity (Wildman–Crippen MR) is 48.6 cm³/mol. The summed E-state index contributed by atoms with van der Waals surface area (Å²) in [6.07, 6.45) is 2.02. The number of aliphatic hydroxyl groups excluding tert-OH is 1. The highest BCUT2D eigenvalue weighted by molar-refractivity contribution is 4.79. The van der Waals surface area contributed by atoms with Gasteiger partial charge in [0.2, 0.25) is 0 Å². The van der Waals surface area contributed by atoms with Crippen molar-refractivity contribution in [1.82, 2.24) is 5.32 Å². The maximum Gasteiger partial charge on any atom is 0.0638 e. The first-order valence-corrected chi connectivity index (χ1v) is 4.49. The fraction of sp³-hybridized carbons (Fsp3) is 0.889. The smallest absolute Gasteiger partial charge is 0.0638 e. The molecule has 0 radical (unpaired) electrons. The summed E-state index contributed by atoms with van der Waals surface area (Å²) in [6.45, 7) is 4.61. The second kappa shape index (κ2) is 7.08. The number of nitrogens with zero attached hydrogens (tertiary/aromatic N) is 1. The Labute approximate surface area is 74.4 Å². The van der Waals surface area contributed by atoms with E-state index in [4.69, 9.17) is 10.4 Å². The van der Waals surface area contributed by atoms with Crippen molar-refractivity contribution in [3.05, 3.63) is 0 Å². The van der Waals surface area contributed by atoms with Gasteiger partial charge in [-0.15, -0.1) is 0 Å². The highest BCUT2D eigenvalue weighted by Gasteiger charge is 2.04. The molecule has 0 aromatic rings. The van der Waals surface area contributed by atoms with Gasteiger partial charge in [0.15, 0.2) is 0 Å². The van der Waals surface area contributed by atoms with Crippen molar-refractivity contribution in [2.24, 2.45) is 0 Å². The molecule has 0 saturated carbocycles.